The Morgan fingerprint density at radius 1 is 0.708 bits per heavy atom. The molecule has 3 aromatic carbocycles. The Hall–Kier alpha value is -2.19. The van der Waals surface area contributed by atoms with Gasteiger partial charge in [-0.05, 0) is 69.3 Å². The van der Waals surface area contributed by atoms with Gasteiger partial charge in [-0.25, -0.2) is 0 Å². The maximum Gasteiger partial charge on any atom is 0.166 e. The van der Waals surface area contributed by atoms with Crippen molar-refractivity contribution in [3.63, 3.8) is 0 Å². The third-order valence-corrected chi connectivity index (χ3v) is 5.56. The summed E-state index contributed by atoms with van der Waals surface area (Å²) >= 11 is 0. The normalized spacial score (nSPS) is 12.7. The molecule has 3 aromatic rings. The van der Waals surface area contributed by atoms with Gasteiger partial charge in [0.2, 0.25) is 0 Å². The summed E-state index contributed by atoms with van der Waals surface area (Å²) in [6.45, 7) is 6.11. The van der Waals surface area contributed by atoms with Gasteiger partial charge in [-0.3, -0.25) is 0 Å². The minimum Gasteiger partial charge on any atom is -0.488 e. The van der Waals surface area contributed by atoms with Crippen molar-refractivity contribution >= 4 is 10.9 Å². The predicted molar refractivity (Wildman–Crippen MR) is 102 cm³/mol. The number of benzene rings is 3. The molecule has 0 aliphatic rings. The maximum atomic E-state index is 7.74. The van der Waals surface area contributed by atoms with Crippen molar-refractivity contribution < 1.29 is 7.48 Å². The van der Waals surface area contributed by atoms with Gasteiger partial charge in [0.25, 0.3) is 0 Å². The first kappa shape index (κ1) is 14.2. The van der Waals surface area contributed by atoms with Crippen LogP contribution in [0.1, 0.15) is 23.5 Å². The molecule has 0 atom stereocenters. The standard InChI is InChI=1S/C22H23OS/c1-22(2,3)23-18-14-16-21(17-15-18)24(19-10-6-4-7-11-19)20-12-8-5-9-13-20/h4-17H,1-3H3/q+1/i4T,5T. The van der Waals surface area contributed by atoms with E-state index in [0.29, 0.717) is 12.1 Å². The molecule has 0 spiro atoms. The third kappa shape index (κ3) is 4.21. The monoisotopic (exact) mass is 339 g/mol. The topological polar surface area (TPSA) is 9.23 Å². The highest BCUT2D eigenvalue weighted by Gasteiger charge is 2.28. The lowest BCUT2D eigenvalue weighted by molar-refractivity contribution is 0.131. The quantitative estimate of drug-likeness (QED) is 0.533. The Labute approximate surface area is 150 Å². The lowest BCUT2D eigenvalue weighted by Crippen LogP contribution is -2.22. The van der Waals surface area contributed by atoms with E-state index < -0.39 is 0 Å². The molecule has 3 rings (SSSR count). The summed E-state index contributed by atoms with van der Waals surface area (Å²) in [4.78, 5) is 3.49. The highest BCUT2D eigenvalue weighted by molar-refractivity contribution is 7.97. The van der Waals surface area contributed by atoms with Crippen molar-refractivity contribution in [1.29, 1.82) is 0 Å². The van der Waals surface area contributed by atoms with Crippen LogP contribution >= 0.6 is 0 Å². The van der Waals surface area contributed by atoms with Gasteiger partial charge in [0.1, 0.15) is 11.4 Å². The predicted octanol–water partition coefficient (Wildman–Crippen LogP) is 5.96. The van der Waals surface area contributed by atoms with Crippen LogP contribution in [0.4, 0.5) is 0 Å². The second kappa shape index (κ2) is 7.14. The number of ether oxygens (including phenoxy) is 1. The van der Waals surface area contributed by atoms with Crippen LogP contribution in [0.5, 0.6) is 5.75 Å². The molecule has 0 unspecified atom stereocenters. The maximum absolute atomic E-state index is 7.74. The zero-order chi connectivity index (χ0) is 18.7. The molecule has 0 heterocycles. The summed E-state index contributed by atoms with van der Waals surface area (Å²) in [7, 11) is -0.285. The highest BCUT2D eigenvalue weighted by Crippen LogP contribution is 2.32. The van der Waals surface area contributed by atoms with Crippen molar-refractivity contribution in [3.05, 3.63) is 84.9 Å². The van der Waals surface area contributed by atoms with Crippen molar-refractivity contribution in [2.45, 2.75) is 41.1 Å². The summed E-state index contributed by atoms with van der Waals surface area (Å²) in [5.41, 5.74) is -0.225. The van der Waals surface area contributed by atoms with Gasteiger partial charge >= 0.3 is 0 Å². The van der Waals surface area contributed by atoms with E-state index >= 15 is 0 Å². The number of rotatable bonds is 4. The lowest BCUT2D eigenvalue weighted by Gasteiger charge is -2.21. The van der Waals surface area contributed by atoms with E-state index in [4.69, 9.17) is 7.48 Å². The lowest BCUT2D eigenvalue weighted by atomic mass is 10.2. The molecule has 0 saturated carbocycles. The van der Waals surface area contributed by atoms with Crippen molar-refractivity contribution in [2.75, 3.05) is 0 Å². The summed E-state index contributed by atoms with van der Waals surface area (Å²) < 4.78 is 21.4. The van der Waals surface area contributed by atoms with E-state index in [1.54, 1.807) is 0 Å². The molecular formula is C22H23OS+. The summed E-state index contributed by atoms with van der Waals surface area (Å²) in [5, 5.41) is 0. The molecule has 0 aliphatic heterocycles. The SMILES string of the molecule is [3H]c1ccc([S+](c2ccc([3H])cc2)c2ccc(OC(C)(C)C)cc2)cc1. The van der Waals surface area contributed by atoms with Gasteiger partial charge in [-0.1, -0.05) is 36.4 Å². The molecule has 2 heteroatoms. The summed E-state index contributed by atoms with van der Waals surface area (Å²) in [5.74, 6) is 0.854. The summed E-state index contributed by atoms with van der Waals surface area (Å²) in [6, 6.07) is 24.6. The van der Waals surface area contributed by atoms with Gasteiger partial charge in [-0.2, -0.15) is 0 Å². The fraction of sp³-hybridized carbons (Fsp3) is 0.182. The van der Waals surface area contributed by atoms with E-state index in [1.165, 1.54) is 4.90 Å². The van der Waals surface area contributed by atoms with E-state index in [9.17, 15) is 0 Å². The molecule has 1 nitrogen and oxygen atoms in total. The first-order valence-corrected chi connectivity index (χ1v) is 9.21. The van der Waals surface area contributed by atoms with E-state index in [0.717, 1.165) is 15.5 Å². The zero-order valence-electron chi connectivity index (χ0n) is 16.2. The molecule has 24 heavy (non-hydrogen) atoms. The van der Waals surface area contributed by atoms with Crippen molar-refractivity contribution in [2.24, 2.45) is 0 Å². The largest absolute Gasteiger partial charge is 0.488 e. The number of hydrogen-bond donors (Lipinski definition) is 0. The summed E-state index contributed by atoms with van der Waals surface area (Å²) in [6.07, 6.45) is 0. The molecule has 0 aliphatic carbocycles. The Morgan fingerprint density at radius 3 is 1.54 bits per heavy atom. The Bertz CT molecular complexity index is 805. The molecule has 0 fully saturated rings. The van der Waals surface area contributed by atoms with Gasteiger partial charge in [0, 0.05) is 0 Å². The minimum atomic E-state index is -0.285. The third-order valence-electron chi connectivity index (χ3n) is 3.33. The molecule has 122 valence electrons. The first-order valence-electron chi connectivity index (χ1n) is 8.98. The molecular weight excluding hydrogens is 312 g/mol. The fourth-order valence-corrected chi connectivity index (χ4v) is 4.46. The number of hydrogen-bond acceptors (Lipinski definition) is 1. The van der Waals surface area contributed by atoms with Gasteiger partial charge in [0.15, 0.2) is 14.7 Å². The van der Waals surface area contributed by atoms with Crippen LogP contribution in [-0.2, 0) is 10.9 Å². The Balaban J connectivity index is 2.00. The van der Waals surface area contributed by atoms with Crippen molar-refractivity contribution in [1.82, 2.24) is 0 Å². The first-order chi connectivity index (χ1) is 12.3. The van der Waals surface area contributed by atoms with Crippen LogP contribution in [-0.4, -0.2) is 5.60 Å². The second-order valence-corrected chi connectivity index (χ2v) is 8.49. The van der Waals surface area contributed by atoms with E-state index in [1.807, 2.05) is 81.4 Å². The van der Waals surface area contributed by atoms with Crippen LogP contribution in [0.3, 0.4) is 0 Å². The Morgan fingerprint density at radius 2 is 1.12 bits per heavy atom. The van der Waals surface area contributed by atoms with Crippen molar-refractivity contribution in [3.8, 4) is 5.75 Å². The van der Waals surface area contributed by atoms with Crippen LogP contribution in [0, 0.1) is 0 Å². The van der Waals surface area contributed by atoms with Gasteiger partial charge in [0.05, 0.1) is 13.6 Å². The van der Waals surface area contributed by atoms with Gasteiger partial charge in [-0.15, -0.1) is 0 Å². The molecule has 0 amide bonds. The zero-order valence-corrected chi connectivity index (χ0v) is 15.1. The average Bonchev–Trinajstić information content (AvgIpc) is 2.59. The Kier molecular flexibility index (Phi) is 4.22. The van der Waals surface area contributed by atoms with E-state index in [2.05, 4.69) is 12.1 Å². The minimum absolute atomic E-state index is 0.225. The molecule has 0 N–H and O–H groups in total. The van der Waals surface area contributed by atoms with Crippen LogP contribution in [0.15, 0.2) is 99.6 Å². The fourth-order valence-electron chi connectivity index (χ4n) is 2.42. The van der Waals surface area contributed by atoms with Gasteiger partial charge < -0.3 is 4.74 Å². The van der Waals surface area contributed by atoms with Crippen LogP contribution in [0.2, 0.25) is 0 Å². The van der Waals surface area contributed by atoms with Crippen LogP contribution in [0.25, 0.3) is 0 Å². The molecule has 0 radical (unpaired) electrons. The molecule has 0 saturated heterocycles. The smallest absolute Gasteiger partial charge is 0.166 e. The molecule has 0 bridgehead atoms. The highest BCUT2D eigenvalue weighted by atomic mass is 32.2. The average molecular weight is 340 g/mol. The van der Waals surface area contributed by atoms with E-state index in [-0.39, 0.29) is 16.5 Å². The molecule has 0 aromatic heterocycles. The second-order valence-electron chi connectivity index (χ2n) is 6.46. The van der Waals surface area contributed by atoms with Crippen LogP contribution < -0.4 is 4.74 Å².